The number of aliphatic hydroxyl groups is 1. The van der Waals surface area contributed by atoms with Crippen LogP contribution >= 0.6 is 0 Å². The first kappa shape index (κ1) is 20.0. The molecule has 5 rings (SSSR count). The van der Waals surface area contributed by atoms with Crippen molar-refractivity contribution in [2.75, 3.05) is 17.2 Å². The topological polar surface area (TPSA) is 101 Å². The zero-order valence-electron chi connectivity index (χ0n) is 17.8. The highest BCUT2D eigenvalue weighted by Gasteiger charge is 2.18. The highest BCUT2D eigenvalue weighted by Crippen LogP contribution is 2.33. The lowest BCUT2D eigenvalue weighted by Gasteiger charge is -2.18. The predicted octanol–water partition coefficient (Wildman–Crippen LogP) is 3.78. The van der Waals surface area contributed by atoms with Gasteiger partial charge in [0.25, 0.3) is 5.91 Å². The molecule has 0 atom stereocenters. The van der Waals surface area contributed by atoms with Gasteiger partial charge in [0.2, 0.25) is 0 Å². The SMILES string of the molecule is CC(C)(O)Cc1ccc(Nc2nc(-c3ccc4c(c3)NC(=O)CO4)cn3ccnc23)cc1. The third-order valence-electron chi connectivity index (χ3n) is 5.14. The number of fused-ring (bicyclic) bond motifs is 2. The maximum Gasteiger partial charge on any atom is 0.262 e. The van der Waals surface area contributed by atoms with Gasteiger partial charge in [-0.25, -0.2) is 9.97 Å². The number of ether oxygens (including phenoxy) is 1. The van der Waals surface area contributed by atoms with Crippen LogP contribution in [0.25, 0.3) is 16.9 Å². The summed E-state index contributed by atoms with van der Waals surface area (Å²) in [6.45, 7) is 3.61. The largest absolute Gasteiger partial charge is 0.482 e. The summed E-state index contributed by atoms with van der Waals surface area (Å²) in [4.78, 5) is 20.9. The Hall–Kier alpha value is -3.91. The molecule has 0 radical (unpaired) electrons. The number of rotatable bonds is 5. The molecular formula is C24H23N5O3. The van der Waals surface area contributed by atoms with Crippen LogP contribution in [0.5, 0.6) is 5.75 Å². The van der Waals surface area contributed by atoms with Gasteiger partial charge in [-0.15, -0.1) is 0 Å². The third-order valence-corrected chi connectivity index (χ3v) is 5.14. The second kappa shape index (κ2) is 7.65. The fraction of sp³-hybridized carbons (Fsp3) is 0.208. The van der Waals surface area contributed by atoms with Crippen molar-refractivity contribution in [2.24, 2.45) is 0 Å². The standard InChI is InChI=1S/C24H23N5O3/c1-24(2,31)12-15-3-6-17(7-4-15)26-22-23-25-9-10-29(23)13-19(28-22)16-5-8-20-18(11-16)27-21(30)14-32-20/h3-11,13,31H,12,14H2,1-2H3,(H,26,28)(H,27,30). The molecule has 32 heavy (non-hydrogen) atoms. The van der Waals surface area contributed by atoms with Crippen molar-refractivity contribution in [2.45, 2.75) is 25.9 Å². The fourth-order valence-corrected chi connectivity index (χ4v) is 3.74. The molecule has 162 valence electrons. The van der Waals surface area contributed by atoms with Crippen LogP contribution < -0.4 is 15.4 Å². The van der Waals surface area contributed by atoms with Crippen LogP contribution in [0, 0.1) is 0 Å². The van der Waals surface area contributed by atoms with Crippen molar-refractivity contribution in [3.8, 4) is 17.0 Å². The number of carbonyl (C=O) groups is 1. The number of benzene rings is 2. The highest BCUT2D eigenvalue weighted by molar-refractivity contribution is 5.96. The second-order valence-corrected chi connectivity index (χ2v) is 8.49. The summed E-state index contributed by atoms with van der Waals surface area (Å²) in [6, 6.07) is 13.5. The molecule has 1 aliphatic rings. The van der Waals surface area contributed by atoms with Crippen molar-refractivity contribution in [3.05, 3.63) is 66.6 Å². The molecule has 2 aromatic heterocycles. The zero-order chi connectivity index (χ0) is 22.3. The Labute approximate surface area is 184 Å². The van der Waals surface area contributed by atoms with E-state index in [1.807, 2.05) is 59.3 Å². The summed E-state index contributed by atoms with van der Waals surface area (Å²) in [6.07, 6.45) is 6.05. The number of carbonyl (C=O) groups excluding carboxylic acids is 1. The molecule has 3 heterocycles. The minimum Gasteiger partial charge on any atom is -0.482 e. The van der Waals surface area contributed by atoms with E-state index in [2.05, 4.69) is 15.6 Å². The summed E-state index contributed by atoms with van der Waals surface area (Å²) in [5.74, 6) is 1.07. The van der Waals surface area contributed by atoms with Gasteiger partial charge in [-0.3, -0.25) is 4.79 Å². The van der Waals surface area contributed by atoms with Gasteiger partial charge in [-0.1, -0.05) is 12.1 Å². The number of imidazole rings is 1. The van der Waals surface area contributed by atoms with Crippen LogP contribution in [0.15, 0.2) is 61.1 Å². The molecule has 0 saturated carbocycles. The molecule has 1 aliphatic heterocycles. The van der Waals surface area contributed by atoms with Crippen molar-refractivity contribution >= 4 is 28.7 Å². The van der Waals surface area contributed by atoms with E-state index in [4.69, 9.17) is 9.72 Å². The maximum atomic E-state index is 11.7. The smallest absolute Gasteiger partial charge is 0.262 e. The van der Waals surface area contributed by atoms with Crippen LogP contribution in [-0.2, 0) is 11.2 Å². The summed E-state index contributed by atoms with van der Waals surface area (Å²) < 4.78 is 7.36. The summed E-state index contributed by atoms with van der Waals surface area (Å²) in [7, 11) is 0. The molecule has 0 fully saturated rings. The normalized spacial score (nSPS) is 13.4. The van der Waals surface area contributed by atoms with E-state index in [0.717, 1.165) is 22.5 Å². The Morgan fingerprint density at radius 3 is 2.81 bits per heavy atom. The Bertz CT molecular complexity index is 1310. The number of hydrogen-bond donors (Lipinski definition) is 3. The van der Waals surface area contributed by atoms with Gasteiger partial charge in [0, 0.05) is 36.3 Å². The maximum absolute atomic E-state index is 11.7. The van der Waals surface area contributed by atoms with Crippen LogP contribution in [0.3, 0.4) is 0 Å². The molecule has 0 unspecified atom stereocenters. The van der Waals surface area contributed by atoms with E-state index < -0.39 is 5.60 Å². The van der Waals surface area contributed by atoms with Gasteiger partial charge < -0.3 is 24.9 Å². The third kappa shape index (κ3) is 4.13. The van der Waals surface area contributed by atoms with E-state index in [9.17, 15) is 9.90 Å². The Morgan fingerprint density at radius 1 is 1.22 bits per heavy atom. The van der Waals surface area contributed by atoms with E-state index in [0.29, 0.717) is 29.3 Å². The van der Waals surface area contributed by atoms with Gasteiger partial charge in [0.05, 0.1) is 17.0 Å². The number of nitrogens with zero attached hydrogens (tertiary/aromatic N) is 3. The van der Waals surface area contributed by atoms with Gasteiger partial charge >= 0.3 is 0 Å². The molecule has 4 aromatic rings. The minimum absolute atomic E-state index is 0.0221. The molecule has 3 N–H and O–H groups in total. The Balaban J connectivity index is 1.48. The molecular weight excluding hydrogens is 406 g/mol. The first-order valence-corrected chi connectivity index (χ1v) is 10.3. The molecule has 1 amide bonds. The van der Waals surface area contributed by atoms with E-state index in [-0.39, 0.29) is 12.5 Å². The lowest BCUT2D eigenvalue weighted by Crippen LogP contribution is -2.25. The average molecular weight is 429 g/mol. The van der Waals surface area contributed by atoms with Gasteiger partial charge in [0.15, 0.2) is 18.1 Å². The number of anilines is 3. The van der Waals surface area contributed by atoms with Crippen LogP contribution in [0.4, 0.5) is 17.2 Å². The van der Waals surface area contributed by atoms with Crippen LogP contribution in [-0.4, -0.2) is 37.6 Å². The lowest BCUT2D eigenvalue weighted by molar-refractivity contribution is -0.118. The molecule has 0 spiro atoms. The van der Waals surface area contributed by atoms with Crippen molar-refractivity contribution in [1.82, 2.24) is 14.4 Å². The quantitative estimate of drug-likeness (QED) is 0.446. The van der Waals surface area contributed by atoms with Crippen molar-refractivity contribution in [1.29, 1.82) is 0 Å². The van der Waals surface area contributed by atoms with Gasteiger partial charge in [0.1, 0.15) is 5.75 Å². The fourth-order valence-electron chi connectivity index (χ4n) is 3.74. The summed E-state index contributed by atoms with van der Waals surface area (Å²) >= 11 is 0. The molecule has 2 aromatic carbocycles. The summed E-state index contributed by atoms with van der Waals surface area (Å²) in [5, 5.41) is 16.2. The minimum atomic E-state index is -0.758. The number of hydrogen-bond acceptors (Lipinski definition) is 6. The number of aromatic nitrogens is 3. The lowest BCUT2D eigenvalue weighted by atomic mass is 9.99. The zero-order valence-corrected chi connectivity index (χ0v) is 17.8. The first-order valence-electron chi connectivity index (χ1n) is 10.3. The molecule has 0 bridgehead atoms. The Kier molecular flexibility index (Phi) is 4.79. The second-order valence-electron chi connectivity index (χ2n) is 8.49. The highest BCUT2D eigenvalue weighted by atomic mass is 16.5. The number of amides is 1. The van der Waals surface area contributed by atoms with E-state index in [1.165, 1.54) is 0 Å². The molecule has 0 saturated heterocycles. The van der Waals surface area contributed by atoms with Gasteiger partial charge in [-0.05, 0) is 49.7 Å². The number of nitrogens with one attached hydrogen (secondary N) is 2. The van der Waals surface area contributed by atoms with Crippen molar-refractivity contribution < 1.29 is 14.6 Å². The van der Waals surface area contributed by atoms with E-state index >= 15 is 0 Å². The monoisotopic (exact) mass is 429 g/mol. The van der Waals surface area contributed by atoms with Gasteiger partial charge in [-0.2, -0.15) is 0 Å². The first-order chi connectivity index (χ1) is 15.3. The average Bonchev–Trinajstić information content (AvgIpc) is 3.22. The van der Waals surface area contributed by atoms with Crippen molar-refractivity contribution in [3.63, 3.8) is 0 Å². The van der Waals surface area contributed by atoms with Crippen LogP contribution in [0.2, 0.25) is 0 Å². The summed E-state index contributed by atoms with van der Waals surface area (Å²) in [5.41, 5.74) is 4.05. The van der Waals surface area contributed by atoms with E-state index in [1.54, 1.807) is 20.0 Å². The molecule has 0 aliphatic carbocycles. The molecule has 8 heteroatoms. The molecule has 8 nitrogen and oxygen atoms in total. The predicted molar refractivity (Wildman–Crippen MR) is 122 cm³/mol. The van der Waals surface area contributed by atoms with Crippen LogP contribution in [0.1, 0.15) is 19.4 Å². The Morgan fingerprint density at radius 2 is 2.03 bits per heavy atom.